The Labute approximate surface area is 122 Å². The Morgan fingerprint density at radius 1 is 1.29 bits per heavy atom. The molecule has 0 amide bonds. The lowest BCUT2D eigenvalue weighted by Crippen LogP contribution is -2.37. The average molecular weight is 291 g/mol. The van der Waals surface area contributed by atoms with Crippen molar-refractivity contribution < 1.29 is 13.9 Å². The van der Waals surface area contributed by atoms with E-state index in [9.17, 15) is 4.39 Å². The molecule has 1 fully saturated rings. The van der Waals surface area contributed by atoms with E-state index in [1.54, 1.807) is 18.3 Å². The molecule has 0 bridgehead atoms. The molecule has 5 nitrogen and oxygen atoms in total. The first kappa shape index (κ1) is 14.2. The maximum Gasteiger partial charge on any atom is 0.123 e. The lowest BCUT2D eigenvalue weighted by molar-refractivity contribution is -0.0864. The van der Waals surface area contributed by atoms with Crippen LogP contribution in [-0.4, -0.2) is 42.7 Å². The van der Waals surface area contributed by atoms with Gasteiger partial charge in [-0.1, -0.05) is 0 Å². The van der Waals surface area contributed by atoms with E-state index in [2.05, 4.69) is 15.5 Å². The summed E-state index contributed by atoms with van der Waals surface area (Å²) in [5, 5.41) is 10.4. The molecule has 2 aromatic rings. The Kier molecular flexibility index (Phi) is 4.59. The van der Waals surface area contributed by atoms with E-state index in [1.807, 2.05) is 0 Å². The quantitative estimate of drug-likeness (QED) is 0.880. The van der Waals surface area contributed by atoms with Crippen molar-refractivity contribution in [2.75, 3.05) is 26.4 Å². The Bertz CT molecular complexity index is 565. The highest BCUT2D eigenvalue weighted by molar-refractivity contribution is 5.62. The van der Waals surface area contributed by atoms with Gasteiger partial charge < -0.3 is 14.8 Å². The van der Waals surface area contributed by atoms with Gasteiger partial charge in [-0.2, -0.15) is 5.10 Å². The van der Waals surface area contributed by atoms with Crippen molar-refractivity contribution in [1.29, 1.82) is 0 Å². The standard InChI is InChI=1S/C15H18FN3O2/c16-13-3-1-11(2-4-13)15-12(8-18-19-15)7-17-9-14-10-20-5-6-21-14/h1-4,8,14,17H,5-7,9-10H2,(H,18,19). The Morgan fingerprint density at radius 3 is 2.90 bits per heavy atom. The molecule has 1 aromatic carbocycles. The third-order valence-electron chi connectivity index (χ3n) is 3.42. The predicted molar refractivity (Wildman–Crippen MR) is 76.2 cm³/mol. The van der Waals surface area contributed by atoms with Crippen molar-refractivity contribution in [3.8, 4) is 11.3 Å². The van der Waals surface area contributed by atoms with Crippen molar-refractivity contribution in [3.63, 3.8) is 0 Å². The Morgan fingerprint density at radius 2 is 2.14 bits per heavy atom. The summed E-state index contributed by atoms with van der Waals surface area (Å²) in [6.45, 7) is 3.35. The van der Waals surface area contributed by atoms with Gasteiger partial charge in [-0.3, -0.25) is 5.10 Å². The van der Waals surface area contributed by atoms with E-state index in [4.69, 9.17) is 9.47 Å². The van der Waals surface area contributed by atoms with Gasteiger partial charge in [0.15, 0.2) is 0 Å². The lowest BCUT2D eigenvalue weighted by atomic mass is 10.1. The molecule has 6 heteroatoms. The largest absolute Gasteiger partial charge is 0.376 e. The summed E-state index contributed by atoms with van der Waals surface area (Å²) in [5.41, 5.74) is 2.87. The zero-order valence-corrected chi connectivity index (χ0v) is 11.6. The second kappa shape index (κ2) is 6.80. The molecule has 1 aliphatic rings. The van der Waals surface area contributed by atoms with Crippen LogP contribution in [0, 0.1) is 5.82 Å². The van der Waals surface area contributed by atoms with Crippen LogP contribution in [-0.2, 0) is 16.0 Å². The Balaban J connectivity index is 1.59. The molecule has 0 saturated carbocycles. The number of aromatic nitrogens is 2. The Hall–Kier alpha value is -1.76. The number of nitrogens with zero attached hydrogens (tertiary/aromatic N) is 1. The lowest BCUT2D eigenvalue weighted by Gasteiger charge is -2.23. The summed E-state index contributed by atoms with van der Waals surface area (Å²) in [7, 11) is 0. The van der Waals surface area contributed by atoms with Crippen LogP contribution < -0.4 is 5.32 Å². The van der Waals surface area contributed by atoms with Gasteiger partial charge in [0, 0.05) is 24.2 Å². The third-order valence-corrected chi connectivity index (χ3v) is 3.42. The number of nitrogens with one attached hydrogen (secondary N) is 2. The van der Waals surface area contributed by atoms with Crippen LogP contribution in [0.5, 0.6) is 0 Å². The fraction of sp³-hybridized carbons (Fsp3) is 0.400. The molecule has 1 unspecified atom stereocenters. The molecular formula is C15H18FN3O2. The minimum Gasteiger partial charge on any atom is -0.376 e. The molecular weight excluding hydrogens is 273 g/mol. The van der Waals surface area contributed by atoms with E-state index < -0.39 is 0 Å². The van der Waals surface area contributed by atoms with Gasteiger partial charge >= 0.3 is 0 Å². The second-order valence-corrected chi connectivity index (χ2v) is 4.98. The summed E-state index contributed by atoms with van der Waals surface area (Å²) < 4.78 is 23.9. The highest BCUT2D eigenvalue weighted by atomic mass is 19.1. The molecule has 1 aliphatic heterocycles. The maximum absolute atomic E-state index is 13.0. The van der Waals surface area contributed by atoms with Crippen molar-refractivity contribution in [1.82, 2.24) is 15.5 Å². The monoisotopic (exact) mass is 291 g/mol. The van der Waals surface area contributed by atoms with E-state index in [0.29, 0.717) is 26.4 Å². The van der Waals surface area contributed by atoms with Crippen LogP contribution in [0.1, 0.15) is 5.56 Å². The number of H-pyrrole nitrogens is 1. The number of rotatable bonds is 5. The number of aromatic amines is 1. The zero-order valence-electron chi connectivity index (χ0n) is 11.6. The fourth-order valence-electron chi connectivity index (χ4n) is 2.33. The maximum atomic E-state index is 13.0. The van der Waals surface area contributed by atoms with Gasteiger partial charge in [-0.25, -0.2) is 4.39 Å². The van der Waals surface area contributed by atoms with Gasteiger partial charge in [-0.15, -0.1) is 0 Å². The SMILES string of the molecule is Fc1ccc(-c2[nH]ncc2CNCC2COCCO2)cc1. The molecule has 1 aromatic heterocycles. The van der Waals surface area contributed by atoms with Crippen LogP contribution in [0.15, 0.2) is 30.5 Å². The highest BCUT2D eigenvalue weighted by Crippen LogP contribution is 2.21. The van der Waals surface area contributed by atoms with Crippen LogP contribution in [0.2, 0.25) is 0 Å². The number of halogens is 1. The number of hydrogen-bond acceptors (Lipinski definition) is 4. The molecule has 0 aliphatic carbocycles. The number of hydrogen-bond donors (Lipinski definition) is 2. The molecule has 1 atom stereocenters. The van der Waals surface area contributed by atoms with Gasteiger partial charge in [0.1, 0.15) is 5.82 Å². The van der Waals surface area contributed by atoms with Gasteiger partial charge in [0.25, 0.3) is 0 Å². The van der Waals surface area contributed by atoms with Crippen LogP contribution in [0.4, 0.5) is 4.39 Å². The second-order valence-electron chi connectivity index (χ2n) is 4.98. The summed E-state index contributed by atoms with van der Waals surface area (Å²) >= 11 is 0. The fourth-order valence-corrected chi connectivity index (χ4v) is 2.33. The molecule has 2 N–H and O–H groups in total. The zero-order chi connectivity index (χ0) is 14.5. The third kappa shape index (κ3) is 3.66. The minimum absolute atomic E-state index is 0.0972. The summed E-state index contributed by atoms with van der Waals surface area (Å²) in [4.78, 5) is 0. The van der Waals surface area contributed by atoms with Crippen molar-refractivity contribution in [3.05, 3.63) is 41.8 Å². The van der Waals surface area contributed by atoms with Crippen LogP contribution in [0.25, 0.3) is 11.3 Å². The first-order valence-corrected chi connectivity index (χ1v) is 7.01. The van der Waals surface area contributed by atoms with E-state index in [0.717, 1.165) is 23.4 Å². The van der Waals surface area contributed by atoms with Gasteiger partial charge in [-0.05, 0) is 24.3 Å². The first-order chi connectivity index (χ1) is 10.3. The van der Waals surface area contributed by atoms with Gasteiger partial charge in [0.05, 0.1) is 37.8 Å². The first-order valence-electron chi connectivity index (χ1n) is 7.01. The van der Waals surface area contributed by atoms with Crippen LogP contribution >= 0.6 is 0 Å². The smallest absolute Gasteiger partial charge is 0.123 e. The molecule has 0 radical (unpaired) electrons. The van der Waals surface area contributed by atoms with E-state index >= 15 is 0 Å². The summed E-state index contributed by atoms with van der Waals surface area (Å²) in [6, 6.07) is 6.37. The number of benzene rings is 1. The molecule has 2 heterocycles. The predicted octanol–water partition coefficient (Wildman–Crippen LogP) is 1.72. The molecule has 112 valence electrons. The van der Waals surface area contributed by atoms with Gasteiger partial charge in [0.2, 0.25) is 0 Å². The average Bonchev–Trinajstić information content (AvgIpc) is 2.98. The highest BCUT2D eigenvalue weighted by Gasteiger charge is 2.14. The summed E-state index contributed by atoms with van der Waals surface area (Å²) in [6.07, 6.45) is 1.88. The summed E-state index contributed by atoms with van der Waals surface area (Å²) in [5.74, 6) is -0.243. The molecule has 1 saturated heterocycles. The number of ether oxygens (including phenoxy) is 2. The molecule has 0 spiro atoms. The normalized spacial score (nSPS) is 18.8. The van der Waals surface area contributed by atoms with Crippen molar-refractivity contribution >= 4 is 0 Å². The van der Waals surface area contributed by atoms with Crippen molar-refractivity contribution in [2.24, 2.45) is 0 Å². The van der Waals surface area contributed by atoms with E-state index in [1.165, 1.54) is 12.1 Å². The molecule has 3 rings (SSSR count). The van der Waals surface area contributed by atoms with Crippen molar-refractivity contribution in [2.45, 2.75) is 12.6 Å². The van der Waals surface area contributed by atoms with E-state index in [-0.39, 0.29) is 11.9 Å². The minimum atomic E-state index is -0.243. The van der Waals surface area contributed by atoms with Crippen LogP contribution in [0.3, 0.4) is 0 Å². The topological polar surface area (TPSA) is 59.2 Å². The molecule has 21 heavy (non-hydrogen) atoms.